The number of nitrogens with zero attached hydrogens (tertiary/aromatic N) is 3. The number of hydrogen-bond acceptors (Lipinski definition) is 3. The molecule has 9 aromatic rings. The van der Waals surface area contributed by atoms with Gasteiger partial charge in [-0.3, -0.25) is 9.55 Å². The Bertz CT molecular complexity index is 3130. The first-order valence-electron chi connectivity index (χ1n) is 21.5. The Balaban J connectivity index is 0.00000544. The van der Waals surface area contributed by atoms with Crippen molar-refractivity contribution in [2.75, 3.05) is 0 Å². The monoisotopic (exact) mass is 923 g/mol. The molecule has 0 aliphatic heterocycles. The van der Waals surface area contributed by atoms with Crippen molar-refractivity contribution < 1.29 is 34.4 Å². The summed E-state index contributed by atoms with van der Waals surface area (Å²) in [5.41, 5.74) is 12.6. The predicted molar refractivity (Wildman–Crippen MR) is 231 cm³/mol. The summed E-state index contributed by atoms with van der Waals surface area (Å²) in [6, 6.07) is 53.3. The van der Waals surface area contributed by atoms with Crippen LogP contribution in [0, 0.1) is 33.6 Å². The number of benzene rings is 7. The maximum absolute atomic E-state index is 11.6. The molecule has 0 atom stereocenters. The van der Waals surface area contributed by atoms with E-state index < -0.39 is 13.7 Å². The summed E-state index contributed by atoms with van der Waals surface area (Å²) in [7, 11) is 0. The predicted octanol–water partition coefficient (Wildman–Crippen LogP) is 13.2. The van der Waals surface area contributed by atoms with E-state index in [1.54, 1.807) is 24.4 Å². The molecule has 5 heteroatoms. The van der Waals surface area contributed by atoms with E-state index in [0.29, 0.717) is 44.9 Å². The smallest absolute Gasteiger partial charge is 0.148 e. The summed E-state index contributed by atoms with van der Waals surface area (Å²) in [4.78, 5) is 10.1. The van der Waals surface area contributed by atoms with Gasteiger partial charge in [-0.1, -0.05) is 138 Å². The van der Waals surface area contributed by atoms with Crippen LogP contribution in [0.1, 0.15) is 30.5 Å². The second-order valence-electron chi connectivity index (χ2n) is 14.1. The maximum atomic E-state index is 11.6. The minimum atomic E-state index is -2.43. The molecular weight excluding hydrogens is 878 g/mol. The second-order valence-corrected chi connectivity index (χ2v) is 14.1. The Morgan fingerprint density at radius 1 is 0.561 bits per heavy atom. The molecule has 0 aliphatic carbocycles. The fourth-order valence-corrected chi connectivity index (χ4v) is 7.50. The molecule has 1 N–H and O–H groups in total. The van der Waals surface area contributed by atoms with Gasteiger partial charge in [-0.2, -0.15) is 0 Å². The van der Waals surface area contributed by atoms with Crippen molar-refractivity contribution in [1.82, 2.24) is 14.5 Å². The van der Waals surface area contributed by atoms with Crippen molar-refractivity contribution in [3.8, 4) is 78.6 Å². The number of rotatable bonds is 7. The molecule has 7 aromatic carbocycles. The summed E-state index contributed by atoms with van der Waals surface area (Å²) >= 11 is 0. The van der Waals surface area contributed by atoms with Gasteiger partial charge in [0.05, 0.1) is 16.6 Å². The number of hydrogen-bond donors (Lipinski definition) is 1. The molecule has 280 valence electrons. The van der Waals surface area contributed by atoms with Gasteiger partial charge in [0, 0.05) is 46.9 Å². The molecule has 0 aliphatic rings. The summed E-state index contributed by atoms with van der Waals surface area (Å²) in [5, 5.41) is 11.6. The van der Waals surface area contributed by atoms with Crippen LogP contribution in [-0.2, 0) is 21.1 Å². The van der Waals surface area contributed by atoms with Crippen molar-refractivity contribution in [3.63, 3.8) is 0 Å². The summed E-state index contributed by atoms with van der Waals surface area (Å²) < 4.78 is 51.2. The van der Waals surface area contributed by atoms with Gasteiger partial charge in [0.2, 0.25) is 0 Å². The Morgan fingerprint density at radius 3 is 2.05 bits per heavy atom. The number of aromatic hydroxyl groups is 1. The summed E-state index contributed by atoms with van der Waals surface area (Å²) in [5.74, 6) is 0.545. The number of fused-ring (bicyclic) bond motifs is 1. The van der Waals surface area contributed by atoms with E-state index in [-0.39, 0.29) is 37.9 Å². The van der Waals surface area contributed by atoms with Crippen molar-refractivity contribution in [1.29, 1.82) is 0 Å². The molecule has 0 radical (unpaired) electrons. The van der Waals surface area contributed by atoms with Crippen molar-refractivity contribution in [2.24, 2.45) is 0 Å². The van der Waals surface area contributed by atoms with E-state index in [9.17, 15) is 5.11 Å². The van der Waals surface area contributed by atoms with E-state index >= 15 is 0 Å². The Hall–Kier alpha value is -6.35. The zero-order chi connectivity index (χ0) is 43.3. The molecule has 4 nitrogen and oxygen atoms in total. The number of aromatic nitrogens is 3. The largest absolute Gasteiger partial charge is 0.507 e. The molecule has 2 heterocycles. The van der Waals surface area contributed by atoms with Gasteiger partial charge in [-0.25, -0.2) is 4.98 Å². The number of pyridine rings is 1. The summed E-state index contributed by atoms with van der Waals surface area (Å²) in [6.45, 7) is -0.804. The Kier molecular flexibility index (Phi) is 8.46. The van der Waals surface area contributed by atoms with Gasteiger partial charge in [-0.15, -0.1) is 23.8 Å². The van der Waals surface area contributed by atoms with E-state index in [4.69, 9.17) is 18.2 Å². The van der Waals surface area contributed by atoms with Crippen LogP contribution >= 0.6 is 0 Å². The Morgan fingerprint density at radius 2 is 1.30 bits per heavy atom. The third kappa shape index (κ3) is 7.25. The molecule has 0 saturated carbocycles. The molecule has 0 spiro atoms. The summed E-state index contributed by atoms with van der Waals surface area (Å²) in [6.07, 6.45) is 1.74. The van der Waals surface area contributed by atoms with Crippen LogP contribution in [0.15, 0.2) is 164 Å². The van der Waals surface area contributed by atoms with Crippen molar-refractivity contribution in [3.05, 3.63) is 192 Å². The normalized spacial score (nSPS) is 13.1. The van der Waals surface area contributed by atoms with Gasteiger partial charge in [0.1, 0.15) is 11.6 Å². The quantitative estimate of drug-likeness (QED) is 0.162. The number of aryl methyl sites for hydroxylation is 4. The first-order chi connectivity index (χ1) is 29.7. The number of imidazole rings is 1. The minimum absolute atomic E-state index is 0. The molecule has 0 fully saturated rings. The van der Waals surface area contributed by atoms with Gasteiger partial charge < -0.3 is 5.11 Å². The standard InChI is InChI=1S/C52H40N3O.Pt/c1-33-18-20-38(21-19-33)40-24-25-53-48(32-40)43-30-41(37-12-7-5-8-13-37)29-42(31-43)46-16-11-17-49-50(46)54-52(47-27-34(2)26-36(4)51(47)56)55(49)44-22-23-45(35(3)28-44)39-14-9-6-10-15-39;/h5-30,32,56H,1-4H3;/q-1;/i1D3,3D3;. The fourth-order valence-electron chi connectivity index (χ4n) is 7.50. The van der Waals surface area contributed by atoms with E-state index in [1.165, 1.54) is 0 Å². The van der Waals surface area contributed by atoms with Crippen LogP contribution in [0.25, 0.3) is 83.9 Å². The van der Waals surface area contributed by atoms with Gasteiger partial charge in [-0.05, 0) is 102 Å². The Labute approximate surface area is 356 Å². The topological polar surface area (TPSA) is 50.9 Å². The van der Waals surface area contributed by atoms with Crippen molar-refractivity contribution in [2.45, 2.75) is 27.6 Å². The van der Waals surface area contributed by atoms with E-state index in [2.05, 4.69) is 30.3 Å². The van der Waals surface area contributed by atoms with Gasteiger partial charge in [0.15, 0.2) is 0 Å². The van der Waals surface area contributed by atoms with Gasteiger partial charge in [0.25, 0.3) is 0 Å². The van der Waals surface area contributed by atoms with Crippen LogP contribution in [0.5, 0.6) is 5.75 Å². The van der Waals surface area contributed by atoms with Gasteiger partial charge >= 0.3 is 0 Å². The number of para-hydroxylation sites is 1. The SMILES string of the molecule is [2H]C([2H])([2H])c1ccc(-c2ccnc(-c3[c-]c(-c4cccc5c4nc(-c4cc(C)cc(C)c4O)n5-c4ccc(-c5ccccc5)c(C([2H])([2H])[2H])c4)cc(-c4ccccc4)c3)c2)cc1.[Pt]. The molecule has 2 aromatic heterocycles. The molecular formula is C52H40N3OPt-. The molecule has 57 heavy (non-hydrogen) atoms. The van der Waals surface area contributed by atoms with Crippen LogP contribution in [0.4, 0.5) is 0 Å². The average Bonchev–Trinajstić information content (AvgIpc) is 3.67. The first kappa shape index (κ1) is 30.8. The zero-order valence-corrected chi connectivity index (χ0v) is 33.5. The third-order valence-corrected chi connectivity index (χ3v) is 10.2. The maximum Gasteiger partial charge on any atom is 0.148 e. The third-order valence-electron chi connectivity index (χ3n) is 10.2. The first-order valence-corrected chi connectivity index (χ1v) is 18.5. The average molecular weight is 924 g/mol. The second kappa shape index (κ2) is 15.7. The molecule has 0 saturated heterocycles. The van der Waals surface area contributed by atoms with Crippen LogP contribution in [0.2, 0.25) is 0 Å². The van der Waals surface area contributed by atoms with Crippen molar-refractivity contribution >= 4 is 11.0 Å². The molecule has 0 bridgehead atoms. The molecule has 0 amide bonds. The number of phenolic OH excluding ortho intramolecular Hbond substituents is 1. The van der Waals surface area contributed by atoms with E-state index in [0.717, 1.165) is 50.1 Å². The number of phenols is 1. The van der Waals surface area contributed by atoms with Crippen LogP contribution in [0.3, 0.4) is 0 Å². The zero-order valence-electron chi connectivity index (χ0n) is 37.2. The van der Waals surface area contributed by atoms with Crippen LogP contribution in [-0.4, -0.2) is 19.6 Å². The minimum Gasteiger partial charge on any atom is -0.507 e. The van der Waals surface area contributed by atoms with E-state index in [1.807, 2.05) is 134 Å². The molecule has 0 unspecified atom stereocenters. The molecule has 9 rings (SSSR count). The fraction of sp³-hybridized carbons (Fsp3) is 0.0769. The van der Waals surface area contributed by atoms with Crippen LogP contribution < -0.4 is 0 Å².